The van der Waals surface area contributed by atoms with E-state index in [1.54, 1.807) is 49.4 Å². The van der Waals surface area contributed by atoms with Gasteiger partial charge < -0.3 is 5.32 Å². The Balaban J connectivity index is 2.38. The third-order valence-electron chi connectivity index (χ3n) is 2.97. The highest BCUT2D eigenvalue weighted by Gasteiger charge is 2.18. The monoisotopic (exact) mass is 323 g/mol. The average Bonchev–Trinajstić information content (AvgIpc) is 2.48. The lowest BCUT2D eigenvalue weighted by molar-refractivity contribution is 0.102. The van der Waals surface area contributed by atoms with Crippen molar-refractivity contribution < 1.29 is 13.2 Å². The second kappa shape index (κ2) is 6.28. The van der Waals surface area contributed by atoms with Crippen LogP contribution in [0.4, 0.5) is 5.69 Å². The molecule has 0 aromatic heterocycles. The zero-order valence-electron chi connectivity index (χ0n) is 11.3. The van der Waals surface area contributed by atoms with Gasteiger partial charge in [0.2, 0.25) is 0 Å². The molecule has 0 fully saturated rings. The number of anilines is 1. The van der Waals surface area contributed by atoms with E-state index in [2.05, 4.69) is 5.32 Å². The van der Waals surface area contributed by atoms with Gasteiger partial charge >= 0.3 is 0 Å². The third kappa shape index (κ3) is 3.43. The zero-order valence-corrected chi connectivity index (χ0v) is 12.9. The molecule has 0 saturated heterocycles. The number of benzene rings is 2. The molecule has 0 aliphatic heterocycles. The molecule has 110 valence electrons. The van der Waals surface area contributed by atoms with Crippen LogP contribution < -0.4 is 5.32 Å². The Labute approximate surface area is 128 Å². The maximum absolute atomic E-state index is 12.2. The highest BCUT2D eigenvalue weighted by atomic mass is 35.5. The summed E-state index contributed by atoms with van der Waals surface area (Å²) in [6.07, 6.45) is 0. The summed E-state index contributed by atoms with van der Waals surface area (Å²) < 4.78 is 24.1. The summed E-state index contributed by atoms with van der Waals surface area (Å²) in [5.74, 6) is -0.481. The van der Waals surface area contributed by atoms with Gasteiger partial charge in [0.1, 0.15) is 0 Å². The molecule has 0 aliphatic carbocycles. The molecular formula is C15H14ClNO3S. The Morgan fingerprint density at radius 3 is 2.38 bits per heavy atom. The average molecular weight is 324 g/mol. The molecule has 0 aliphatic rings. The van der Waals surface area contributed by atoms with E-state index in [-0.39, 0.29) is 16.3 Å². The van der Waals surface area contributed by atoms with Crippen LogP contribution in [-0.4, -0.2) is 20.1 Å². The van der Waals surface area contributed by atoms with Gasteiger partial charge in [0.05, 0.1) is 26.9 Å². The molecule has 0 heterocycles. The van der Waals surface area contributed by atoms with Crippen molar-refractivity contribution in [2.24, 2.45) is 0 Å². The summed E-state index contributed by atoms with van der Waals surface area (Å²) in [4.78, 5) is 12.3. The Morgan fingerprint density at radius 2 is 1.71 bits per heavy atom. The van der Waals surface area contributed by atoms with Crippen molar-refractivity contribution in [3.63, 3.8) is 0 Å². The minimum Gasteiger partial charge on any atom is -0.321 e. The molecule has 4 nitrogen and oxygen atoms in total. The first-order valence-corrected chi connectivity index (χ1v) is 8.36. The second-order valence-corrected chi connectivity index (χ2v) is 6.99. The van der Waals surface area contributed by atoms with Gasteiger partial charge in [0.25, 0.3) is 5.91 Å². The molecule has 1 amide bonds. The maximum Gasteiger partial charge on any atom is 0.257 e. The highest BCUT2D eigenvalue weighted by molar-refractivity contribution is 7.91. The topological polar surface area (TPSA) is 63.2 Å². The van der Waals surface area contributed by atoms with Crippen LogP contribution in [0.1, 0.15) is 17.3 Å². The molecule has 0 radical (unpaired) electrons. The molecule has 1 N–H and O–H groups in total. The van der Waals surface area contributed by atoms with E-state index in [1.807, 2.05) is 0 Å². The number of hydrogen-bond donors (Lipinski definition) is 1. The number of nitrogens with one attached hydrogen (secondary N) is 1. The van der Waals surface area contributed by atoms with E-state index in [0.717, 1.165) is 0 Å². The predicted molar refractivity (Wildman–Crippen MR) is 83.6 cm³/mol. The lowest BCUT2D eigenvalue weighted by Crippen LogP contribution is -2.15. The Morgan fingerprint density at radius 1 is 1.10 bits per heavy atom. The first kappa shape index (κ1) is 15.5. The SMILES string of the molecule is CCS(=O)(=O)c1ccccc1NC(=O)c1ccccc1Cl. The van der Waals surface area contributed by atoms with Crippen molar-refractivity contribution in [1.82, 2.24) is 0 Å². The lowest BCUT2D eigenvalue weighted by Gasteiger charge is -2.11. The molecule has 21 heavy (non-hydrogen) atoms. The summed E-state index contributed by atoms with van der Waals surface area (Å²) >= 11 is 5.96. The number of carbonyl (C=O) groups is 1. The zero-order chi connectivity index (χ0) is 15.5. The molecule has 2 aromatic rings. The van der Waals surface area contributed by atoms with Crippen molar-refractivity contribution in [2.75, 3.05) is 11.1 Å². The third-order valence-corrected chi connectivity index (χ3v) is 5.08. The van der Waals surface area contributed by atoms with Gasteiger partial charge in [-0.05, 0) is 24.3 Å². The second-order valence-electron chi connectivity index (χ2n) is 4.33. The first-order chi connectivity index (χ1) is 9.95. The van der Waals surface area contributed by atoms with Crippen LogP contribution in [-0.2, 0) is 9.84 Å². The fourth-order valence-electron chi connectivity index (χ4n) is 1.83. The van der Waals surface area contributed by atoms with Crippen LogP contribution in [0.2, 0.25) is 5.02 Å². The molecular weight excluding hydrogens is 310 g/mol. The first-order valence-electron chi connectivity index (χ1n) is 6.33. The van der Waals surface area contributed by atoms with Gasteiger partial charge in [0.15, 0.2) is 9.84 Å². The normalized spacial score (nSPS) is 11.1. The number of rotatable bonds is 4. The van der Waals surface area contributed by atoms with E-state index in [1.165, 1.54) is 6.07 Å². The quantitative estimate of drug-likeness (QED) is 0.938. The van der Waals surface area contributed by atoms with Crippen LogP contribution >= 0.6 is 11.6 Å². The molecule has 0 spiro atoms. The fourth-order valence-corrected chi connectivity index (χ4v) is 3.10. The van der Waals surface area contributed by atoms with E-state index in [0.29, 0.717) is 10.6 Å². The molecule has 0 unspecified atom stereocenters. The van der Waals surface area contributed by atoms with Crippen molar-refractivity contribution in [3.8, 4) is 0 Å². The fraction of sp³-hybridized carbons (Fsp3) is 0.133. The van der Waals surface area contributed by atoms with Crippen molar-refractivity contribution in [2.45, 2.75) is 11.8 Å². The minimum atomic E-state index is -3.41. The number of amides is 1. The van der Waals surface area contributed by atoms with E-state index in [4.69, 9.17) is 11.6 Å². The van der Waals surface area contributed by atoms with Crippen LogP contribution in [0.5, 0.6) is 0 Å². The number of para-hydroxylation sites is 1. The van der Waals surface area contributed by atoms with Crippen LogP contribution in [0, 0.1) is 0 Å². The Bertz CT molecular complexity index is 772. The molecule has 0 saturated carbocycles. The van der Waals surface area contributed by atoms with Gasteiger partial charge in [-0.2, -0.15) is 0 Å². The van der Waals surface area contributed by atoms with Crippen molar-refractivity contribution in [1.29, 1.82) is 0 Å². The van der Waals surface area contributed by atoms with E-state index < -0.39 is 15.7 Å². The molecule has 2 rings (SSSR count). The summed E-state index contributed by atoms with van der Waals surface area (Å²) in [5.41, 5.74) is 0.548. The van der Waals surface area contributed by atoms with Gasteiger partial charge in [0, 0.05) is 0 Å². The highest BCUT2D eigenvalue weighted by Crippen LogP contribution is 2.24. The van der Waals surface area contributed by atoms with Crippen LogP contribution in [0.25, 0.3) is 0 Å². The number of sulfone groups is 1. The maximum atomic E-state index is 12.2. The van der Waals surface area contributed by atoms with Crippen molar-refractivity contribution >= 4 is 33.0 Å². The summed E-state index contributed by atoms with van der Waals surface area (Å²) in [7, 11) is -3.41. The number of hydrogen-bond acceptors (Lipinski definition) is 3. The Hall–Kier alpha value is -1.85. The van der Waals surface area contributed by atoms with E-state index in [9.17, 15) is 13.2 Å². The minimum absolute atomic E-state index is 0.0357. The largest absolute Gasteiger partial charge is 0.321 e. The number of carbonyl (C=O) groups excluding carboxylic acids is 1. The molecule has 0 bridgehead atoms. The number of halogens is 1. The summed E-state index contributed by atoms with van der Waals surface area (Å²) in [6, 6.07) is 12.9. The standard InChI is InChI=1S/C15H14ClNO3S/c1-2-21(19,20)14-10-6-5-9-13(14)17-15(18)11-7-3-4-8-12(11)16/h3-10H,2H2,1H3,(H,17,18). The summed E-state index contributed by atoms with van der Waals surface area (Å²) in [6.45, 7) is 1.56. The van der Waals surface area contributed by atoms with Crippen LogP contribution in [0.3, 0.4) is 0 Å². The van der Waals surface area contributed by atoms with Crippen LogP contribution in [0.15, 0.2) is 53.4 Å². The van der Waals surface area contributed by atoms with Gasteiger partial charge in [-0.3, -0.25) is 4.79 Å². The molecule has 0 atom stereocenters. The smallest absolute Gasteiger partial charge is 0.257 e. The van der Waals surface area contributed by atoms with Crippen molar-refractivity contribution in [3.05, 3.63) is 59.1 Å². The van der Waals surface area contributed by atoms with Gasteiger partial charge in [-0.1, -0.05) is 42.8 Å². The Kier molecular flexibility index (Phi) is 4.65. The lowest BCUT2D eigenvalue weighted by atomic mass is 10.2. The molecule has 2 aromatic carbocycles. The predicted octanol–water partition coefficient (Wildman–Crippen LogP) is 3.39. The van der Waals surface area contributed by atoms with Gasteiger partial charge in [-0.15, -0.1) is 0 Å². The summed E-state index contributed by atoms with van der Waals surface area (Å²) in [5, 5.41) is 2.92. The van der Waals surface area contributed by atoms with E-state index >= 15 is 0 Å². The molecule has 6 heteroatoms. The van der Waals surface area contributed by atoms with Gasteiger partial charge in [-0.25, -0.2) is 8.42 Å².